The summed E-state index contributed by atoms with van der Waals surface area (Å²) in [6.45, 7) is 1.64. The minimum Gasteiger partial charge on any atom is -0.457 e. The van der Waals surface area contributed by atoms with Gasteiger partial charge in [0, 0.05) is 28.6 Å². The third-order valence-corrected chi connectivity index (χ3v) is 5.45. The lowest BCUT2D eigenvalue weighted by Gasteiger charge is -2.14. The Morgan fingerprint density at radius 3 is 1.80 bits per heavy atom. The molecule has 7 heteroatoms. The van der Waals surface area contributed by atoms with Gasteiger partial charge in [-0.3, -0.25) is 4.79 Å². The third kappa shape index (κ3) is 4.65. The molecule has 174 valence electrons. The van der Waals surface area contributed by atoms with Crippen molar-refractivity contribution < 1.29 is 18.3 Å². The van der Waals surface area contributed by atoms with Crippen molar-refractivity contribution in [3.05, 3.63) is 107 Å². The first-order valence-electron chi connectivity index (χ1n) is 10.8. The smallest absolute Gasteiger partial charge is 0.196 e. The van der Waals surface area contributed by atoms with E-state index in [-0.39, 0.29) is 16.4 Å². The van der Waals surface area contributed by atoms with Crippen molar-refractivity contribution in [1.29, 1.82) is 0 Å². The minimum atomic E-state index is -0.505. The zero-order valence-electron chi connectivity index (χ0n) is 18.7. The van der Waals surface area contributed by atoms with Gasteiger partial charge in [-0.15, -0.1) is 0 Å². The maximum Gasteiger partial charge on any atom is 0.196 e. The second-order valence-corrected chi connectivity index (χ2v) is 8.06. The van der Waals surface area contributed by atoms with Gasteiger partial charge in [0.2, 0.25) is 0 Å². The van der Waals surface area contributed by atoms with E-state index >= 15 is 0 Å². The second kappa shape index (κ2) is 8.87. The number of rotatable bonds is 5. The van der Waals surface area contributed by atoms with E-state index in [0.29, 0.717) is 51.3 Å². The number of nitrogen functional groups attached to an aromatic ring is 2. The Kier molecular flexibility index (Phi) is 5.58. The summed E-state index contributed by atoms with van der Waals surface area (Å²) < 4.78 is 31.8. The van der Waals surface area contributed by atoms with Crippen molar-refractivity contribution in [1.82, 2.24) is 0 Å². The Morgan fingerprint density at radius 2 is 1.26 bits per heavy atom. The molecule has 0 saturated heterocycles. The van der Waals surface area contributed by atoms with Gasteiger partial charge in [0.1, 0.15) is 40.2 Å². The number of nitrogens with two attached hydrogens (primary N) is 2. The van der Waals surface area contributed by atoms with Crippen LogP contribution in [0.15, 0.2) is 94.1 Å². The maximum absolute atomic E-state index is 13.7. The highest BCUT2D eigenvalue weighted by molar-refractivity contribution is 5.80. The number of ether oxygens (including phenoxy) is 2. The number of benzene rings is 4. The molecule has 0 aliphatic heterocycles. The number of hydrogen-bond donors (Lipinski definition) is 2. The predicted molar refractivity (Wildman–Crippen MR) is 134 cm³/mol. The van der Waals surface area contributed by atoms with Gasteiger partial charge < -0.3 is 25.4 Å². The van der Waals surface area contributed by atoms with Gasteiger partial charge in [0.05, 0.1) is 5.39 Å². The lowest BCUT2D eigenvalue weighted by atomic mass is 10.0. The lowest BCUT2D eigenvalue weighted by Crippen LogP contribution is -2.07. The van der Waals surface area contributed by atoms with Crippen LogP contribution in [-0.2, 0) is 0 Å². The predicted octanol–water partition coefficient (Wildman–Crippen LogP) is 6.66. The van der Waals surface area contributed by atoms with Gasteiger partial charge in [0.15, 0.2) is 5.43 Å². The van der Waals surface area contributed by atoms with E-state index in [4.69, 9.17) is 25.4 Å². The molecule has 4 N–H and O–H groups in total. The zero-order chi connectivity index (χ0) is 24.5. The largest absolute Gasteiger partial charge is 0.457 e. The molecule has 0 fully saturated rings. The Balaban J connectivity index is 1.63. The number of hydrogen-bond acceptors (Lipinski definition) is 6. The molecular weight excluding hydrogens is 447 g/mol. The van der Waals surface area contributed by atoms with E-state index in [0.717, 1.165) is 0 Å². The zero-order valence-corrected chi connectivity index (χ0v) is 18.7. The van der Waals surface area contributed by atoms with E-state index in [1.807, 2.05) is 0 Å². The van der Waals surface area contributed by atoms with Crippen LogP contribution < -0.4 is 26.4 Å². The van der Waals surface area contributed by atoms with Crippen LogP contribution in [0.2, 0.25) is 0 Å². The van der Waals surface area contributed by atoms with Crippen LogP contribution >= 0.6 is 0 Å². The average molecular weight is 468 g/mol. The Morgan fingerprint density at radius 1 is 0.714 bits per heavy atom. The van der Waals surface area contributed by atoms with Crippen LogP contribution in [-0.4, -0.2) is 0 Å². The Bertz CT molecular complexity index is 1530. The number of fused-ring (bicyclic) bond motifs is 1. The standard InChI is InChI=1S/C28H21FN2O4/c1-16-27(32)25-14-18(29)2-11-26(25)35-28(16)17-12-23(33-21-7-3-19(30)4-8-21)15-24(13-17)34-22-9-5-20(31)6-10-22/h2-15H,30-31H2,1H3. The van der Waals surface area contributed by atoms with Crippen molar-refractivity contribution in [2.75, 3.05) is 11.5 Å². The van der Waals surface area contributed by atoms with Crippen LogP contribution in [0.25, 0.3) is 22.3 Å². The van der Waals surface area contributed by atoms with E-state index in [1.54, 1.807) is 73.7 Å². The summed E-state index contributed by atoms with van der Waals surface area (Å²) in [7, 11) is 0. The number of halogens is 1. The molecule has 1 aromatic heterocycles. The van der Waals surface area contributed by atoms with Gasteiger partial charge >= 0.3 is 0 Å². The van der Waals surface area contributed by atoms with Crippen LogP contribution in [0, 0.1) is 12.7 Å². The SMILES string of the molecule is Cc1c(-c2cc(Oc3ccc(N)cc3)cc(Oc3ccc(N)cc3)c2)oc2ccc(F)cc2c1=O. The first-order valence-corrected chi connectivity index (χ1v) is 10.8. The molecule has 0 amide bonds. The van der Waals surface area contributed by atoms with Crippen molar-refractivity contribution in [3.8, 4) is 34.3 Å². The summed E-state index contributed by atoms with van der Waals surface area (Å²) in [5.74, 6) is 1.89. The first kappa shape index (κ1) is 22.0. The molecule has 0 aliphatic rings. The molecular formula is C28H21FN2O4. The normalized spacial score (nSPS) is 10.9. The highest BCUT2D eigenvalue weighted by Gasteiger charge is 2.16. The molecule has 0 bridgehead atoms. The maximum atomic E-state index is 13.7. The molecule has 35 heavy (non-hydrogen) atoms. The van der Waals surface area contributed by atoms with Gasteiger partial charge in [-0.25, -0.2) is 4.39 Å². The molecule has 4 aromatic carbocycles. The van der Waals surface area contributed by atoms with E-state index in [1.165, 1.54) is 18.2 Å². The van der Waals surface area contributed by atoms with E-state index in [9.17, 15) is 9.18 Å². The molecule has 0 radical (unpaired) electrons. The van der Waals surface area contributed by atoms with Crippen molar-refractivity contribution in [2.24, 2.45) is 0 Å². The molecule has 0 atom stereocenters. The molecule has 0 saturated carbocycles. The Labute approximate surface area is 200 Å². The molecule has 1 heterocycles. The molecule has 5 rings (SSSR count). The van der Waals surface area contributed by atoms with Crippen LogP contribution in [0.1, 0.15) is 5.56 Å². The monoisotopic (exact) mass is 468 g/mol. The molecule has 5 aromatic rings. The molecule has 0 aliphatic carbocycles. The first-order chi connectivity index (χ1) is 16.9. The fraction of sp³-hybridized carbons (Fsp3) is 0.0357. The second-order valence-electron chi connectivity index (χ2n) is 8.06. The van der Waals surface area contributed by atoms with Crippen molar-refractivity contribution in [2.45, 2.75) is 6.92 Å². The van der Waals surface area contributed by atoms with E-state index in [2.05, 4.69) is 0 Å². The van der Waals surface area contributed by atoms with Gasteiger partial charge in [0.25, 0.3) is 0 Å². The average Bonchev–Trinajstić information content (AvgIpc) is 2.84. The van der Waals surface area contributed by atoms with Crippen LogP contribution in [0.4, 0.5) is 15.8 Å². The summed E-state index contributed by atoms with van der Waals surface area (Å²) >= 11 is 0. The number of anilines is 2. The topological polar surface area (TPSA) is 101 Å². The van der Waals surface area contributed by atoms with Crippen molar-refractivity contribution >= 4 is 22.3 Å². The van der Waals surface area contributed by atoms with Crippen molar-refractivity contribution in [3.63, 3.8) is 0 Å². The summed E-state index contributed by atoms with van der Waals surface area (Å²) in [6, 6.07) is 23.0. The summed E-state index contributed by atoms with van der Waals surface area (Å²) in [6.07, 6.45) is 0. The summed E-state index contributed by atoms with van der Waals surface area (Å²) in [5, 5.41) is 0.180. The molecule has 6 nitrogen and oxygen atoms in total. The van der Waals surface area contributed by atoms with Gasteiger partial charge in [-0.05, 0) is 85.8 Å². The van der Waals surface area contributed by atoms with E-state index < -0.39 is 5.82 Å². The summed E-state index contributed by atoms with van der Waals surface area (Å²) in [5.41, 5.74) is 13.6. The fourth-order valence-electron chi connectivity index (χ4n) is 3.70. The fourth-order valence-corrected chi connectivity index (χ4v) is 3.70. The summed E-state index contributed by atoms with van der Waals surface area (Å²) in [4.78, 5) is 13.0. The minimum absolute atomic E-state index is 0.180. The quantitative estimate of drug-likeness (QED) is 0.280. The van der Waals surface area contributed by atoms with Gasteiger partial charge in [-0.2, -0.15) is 0 Å². The lowest BCUT2D eigenvalue weighted by molar-refractivity contribution is 0.460. The van der Waals surface area contributed by atoms with Gasteiger partial charge in [-0.1, -0.05) is 0 Å². The third-order valence-electron chi connectivity index (χ3n) is 5.45. The highest BCUT2D eigenvalue weighted by Crippen LogP contribution is 2.36. The highest BCUT2D eigenvalue weighted by atomic mass is 19.1. The Hall–Kier alpha value is -4.78. The van der Waals surface area contributed by atoms with Crippen LogP contribution in [0.5, 0.6) is 23.0 Å². The molecule has 0 unspecified atom stereocenters. The molecule has 0 spiro atoms. The van der Waals surface area contributed by atoms with Crippen LogP contribution in [0.3, 0.4) is 0 Å².